The lowest BCUT2D eigenvalue weighted by molar-refractivity contribution is -0.130. The number of hydrogen-bond donors (Lipinski definition) is 0. The number of rotatable bonds is 2. The van der Waals surface area contributed by atoms with Gasteiger partial charge < -0.3 is 4.74 Å². The molecule has 0 spiro atoms. The van der Waals surface area contributed by atoms with Crippen LogP contribution in [0.3, 0.4) is 0 Å². The van der Waals surface area contributed by atoms with E-state index in [9.17, 15) is 4.79 Å². The fraction of sp³-hybridized carbons (Fsp3) is 0.286. The second-order valence-electron chi connectivity index (χ2n) is 4.41. The summed E-state index contributed by atoms with van der Waals surface area (Å²) >= 11 is 0. The fourth-order valence-electron chi connectivity index (χ4n) is 1.96. The maximum atomic E-state index is 11.6. The lowest BCUT2D eigenvalue weighted by atomic mass is 9.85. The van der Waals surface area contributed by atoms with Gasteiger partial charge in [0.15, 0.2) is 5.70 Å². The van der Waals surface area contributed by atoms with E-state index in [0.717, 1.165) is 18.4 Å². The Morgan fingerprint density at radius 1 is 1.24 bits per heavy atom. The molecule has 1 aromatic rings. The lowest BCUT2D eigenvalue weighted by Gasteiger charge is -2.23. The molecule has 1 aliphatic heterocycles. The summed E-state index contributed by atoms with van der Waals surface area (Å²) in [6.45, 7) is 0. The molecule has 3 heteroatoms. The average molecular weight is 227 g/mol. The van der Waals surface area contributed by atoms with Crippen LogP contribution >= 0.6 is 0 Å². The van der Waals surface area contributed by atoms with Crippen LogP contribution < -0.4 is 0 Å². The van der Waals surface area contributed by atoms with Gasteiger partial charge in [-0.1, -0.05) is 36.8 Å². The second kappa shape index (κ2) is 4.17. The highest BCUT2D eigenvalue weighted by Crippen LogP contribution is 2.31. The van der Waals surface area contributed by atoms with E-state index in [-0.39, 0.29) is 5.97 Å². The van der Waals surface area contributed by atoms with Crippen LogP contribution in [0.25, 0.3) is 6.08 Å². The predicted octanol–water partition coefficient (Wildman–Crippen LogP) is 2.78. The molecule has 0 atom stereocenters. The monoisotopic (exact) mass is 227 g/mol. The Kier molecular flexibility index (Phi) is 2.52. The first-order valence-corrected chi connectivity index (χ1v) is 5.90. The molecular weight excluding hydrogens is 214 g/mol. The van der Waals surface area contributed by atoms with Crippen molar-refractivity contribution in [2.24, 2.45) is 10.9 Å². The standard InChI is InChI=1S/C14H13NO2/c16-14-12(9-10-5-2-1-3-6-10)15-13(17-14)11-7-4-8-11/h1-3,5-6,9,11H,4,7-8H2/b12-9+. The first kappa shape index (κ1) is 10.3. The quantitative estimate of drug-likeness (QED) is 0.575. The average Bonchev–Trinajstić information content (AvgIpc) is 2.59. The largest absolute Gasteiger partial charge is 0.406 e. The van der Waals surface area contributed by atoms with E-state index in [4.69, 9.17) is 4.74 Å². The maximum Gasteiger partial charge on any atom is 0.363 e. The van der Waals surface area contributed by atoms with Gasteiger partial charge in [0.05, 0.1) is 0 Å². The summed E-state index contributed by atoms with van der Waals surface area (Å²) in [6.07, 6.45) is 5.16. The van der Waals surface area contributed by atoms with Gasteiger partial charge in [0.1, 0.15) is 0 Å². The molecule has 3 nitrogen and oxygen atoms in total. The molecule has 17 heavy (non-hydrogen) atoms. The molecule has 1 aromatic carbocycles. The first-order valence-electron chi connectivity index (χ1n) is 5.90. The van der Waals surface area contributed by atoms with Crippen molar-refractivity contribution in [3.05, 3.63) is 41.6 Å². The van der Waals surface area contributed by atoms with Crippen molar-refractivity contribution in [2.75, 3.05) is 0 Å². The summed E-state index contributed by atoms with van der Waals surface area (Å²) in [5, 5.41) is 0. The minimum Gasteiger partial charge on any atom is -0.406 e. The molecule has 3 rings (SSSR count). The number of nitrogens with zero attached hydrogens (tertiary/aromatic N) is 1. The number of aliphatic imine (C=N–C) groups is 1. The van der Waals surface area contributed by atoms with Crippen molar-refractivity contribution in [3.63, 3.8) is 0 Å². The maximum absolute atomic E-state index is 11.6. The van der Waals surface area contributed by atoms with Crippen LogP contribution in [0.15, 0.2) is 41.0 Å². The minimum absolute atomic E-state index is 0.323. The molecule has 1 saturated carbocycles. The summed E-state index contributed by atoms with van der Waals surface area (Å²) in [4.78, 5) is 15.9. The Bertz CT molecular complexity index is 498. The fourth-order valence-corrected chi connectivity index (χ4v) is 1.96. The summed E-state index contributed by atoms with van der Waals surface area (Å²) in [7, 11) is 0. The highest BCUT2D eigenvalue weighted by molar-refractivity contribution is 6.07. The van der Waals surface area contributed by atoms with Crippen LogP contribution in [0, 0.1) is 5.92 Å². The number of ether oxygens (including phenoxy) is 1. The summed E-state index contributed by atoms with van der Waals surface area (Å²) in [6, 6.07) is 9.69. The van der Waals surface area contributed by atoms with E-state index < -0.39 is 0 Å². The van der Waals surface area contributed by atoms with Gasteiger partial charge in [-0.25, -0.2) is 9.79 Å². The van der Waals surface area contributed by atoms with Crippen molar-refractivity contribution in [1.29, 1.82) is 0 Å². The molecule has 0 aromatic heterocycles. The van der Waals surface area contributed by atoms with Crippen LogP contribution in [0.5, 0.6) is 0 Å². The summed E-state index contributed by atoms with van der Waals surface area (Å²) < 4.78 is 5.19. The molecule has 0 amide bonds. The van der Waals surface area contributed by atoms with Gasteiger partial charge in [-0.3, -0.25) is 0 Å². The SMILES string of the molecule is O=C1OC(C2CCC2)=N/C1=C/c1ccccc1. The minimum atomic E-state index is -0.323. The van der Waals surface area contributed by atoms with Crippen molar-refractivity contribution < 1.29 is 9.53 Å². The van der Waals surface area contributed by atoms with Crippen LogP contribution in [-0.4, -0.2) is 11.9 Å². The molecule has 1 heterocycles. The van der Waals surface area contributed by atoms with Gasteiger partial charge in [-0.05, 0) is 24.5 Å². The van der Waals surface area contributed by atoms with Crippen LogP contribution in [-0.2, 0) is 9.53 Å². The molecule has 0 radical (unpaired) electrons. The third-order valence-corrected chi connectivity index (χ3v) is 3.19. The zero-order valence-electron chi connectivity index (χ0n) is 9.43. The Hall–Kier alpha value is -1.90. The van der Waals surface area contributed by atoms with Gasteiger partial charge in [-0.2, -0.15) is 0 Å². The van der Waals surface area contributed by atoms with Gasteiger partial charge in [0.2, 0.25) is 5.90 Å². The number of carbonyl (C=O) groups is 1. The van der Waals surface area contributed by atoms with Crippen LogP contribution in [0.4, 0.5) is 0 Å². The summed E-state index contributed by atoms with van der Waals surface area (Å²) in [5.74, 6) is 0.653. The zero-order valence-corrected chi connectivity index (χ0v) is 9.43. The molecule has 1 fully saturated rings. The molecule has 2 aliphatic rings. The van der Waals surface area contributed by atoms with E-state index in [0.29, 0.717) is 17.5 Å². The van der Waals surface area contributed by atoms with Crippen molar-refractivity contribution in [2.45, 2.75) is 19.3 Å². The normalized spacial score (nSPS) is 22.2. The third kappa shape index (κ3) is 2.00. The molecule has 0 saturated heterocycles. The van der Waals surface area contributed by atoms with E-state index >= 15 is 0 Å². The highest BCUT2D eigenvalue weighted by Gasteiger charge is 2.32. The molecule has 1 aliphatic carbocycles. The first-order chi connectivity index (χ1) is 8.33. The predicted molar refractivity (Wildman–Crippen MR) is 65.3 cm³/mol. The van der Waals surface area contributed by atoms with E-state index in [1.165, 1.54) is 6.42 Å². The Morgan fingerprint density at radius 3 is 2.65 bits per heavy atom. The number of esters is 1. The molecule has 0 N–H and O–H groups in total. The zero-order chi connectivity index (χ0) is 11.7. The summed E-state index contributed by atoms with van der Waals surface area (Å²) in [5.41, 5.74) is 1.39. The van der Waals surface area contributed by atoms with E-state index in [2.05, 4.69) is 4.99 Å². The number of benzene rings is 1. The van der Waals surface area contributed by atoms with Crippen molar-refractivity contribution in [1.82, 2.24) is 0 Å². The molecule has 0 unspecified atom stereocenters. The van der Waals surface area contributed by atoms with Gasteiger partial charge in [-0.15, -0.1) is 0 Å². The van der Waals surface area contributed by atoms with Crippen LogP contribution in [0.2, 0.25) is 0 Å². The highest BCUT2D eigenvalue weighted by atomic mass is 16.6. The van der Waals surface area contributed by atoms with Crippen LogP contribution in [0.1, 0.15) is 24.8 Å². The number of hydrogen-bond acceptors (Lipinski definition) is 3. The second-order valence-corrected chi connectivity index (χ2v) is 4.41. The lowest BCUT2D eigenvalue weighted by Crippen LogP contribution is -2.22. The topological polar surface area (TPSA) is 38.7 Å². The Balaban J connectivity index is 1.85. The van der Waals surface area contributed by atoms with Crippen molar-refractivity contribution >= 4 is 17.9 Å². The van der Waals surface area contributed by atoms with Gasteiger partial charge in [0.25, 0.3) is 0 Å². The Labute approximate surface area is 99.8 Å². The molecular formula is C14H13NO2. The number of carbonyl (C=O) groups excluding carboxylic acids is 1. The smallest absolute Gasteiger partial charge is 0.363 e. The van der Waals surface area contributed by atoms with E-state index in [1.807, 2.05) is 30.3 Å². The van der Waals surface area contributed by atoms with Gasteiger partial charge in [0, 0.05) is 5.92 Å². The molecule has 86 valence electrons. The van der Waals surface area contributed by atoms with E-state index in [1.54, 1.807) is 6.08 Å². The van der Waals surface area contributed by atoms with Gasteiger partial charge >= 0.3 is 5.97 Å². The molecule has 0 bridgehead atoms. The van der Waals surface area contributed by atoms with Crippen molar-refractivity contribution in [3.8, 4) is 0 Å². The number of cyclic esters (lactones) is 1. The third-order valence-electron chi connectivity index (χ3n) is 3.19. The Morgan fingerprint density at radius 2 is 2.00 bits per heavy atom.